The number of hydrogen-bond acceptors (Lipinski definition) is 6. The number of carboxylic acids is 2. The van der Waals surface area contributed by atoms with Crippen molar-refractivity contribution in [3.63, 3.8) is 0 Å². The van der Waals surface area contributed by atoms with Crippen molar-refractivity contribution in [3.05, 3.63) is 130 Å². The summed E-state index contributed by atoms with van der Waals surface area (Å²) in [6.45, 7) is 0.619. The molecule has 8 N–H and O–H groups in total. The van der Waals surface area contributed by atoms with Crippen LogP contribution in [0, 0.1) is 0 Å². The van der Waals surface area contributed by atoms with Crippen molar-refractivity contribution in [1.29, 1.82) is 0 Å². The summed E-state index contributed by atoms with van der Waals surface area (Å²) in [5, 5.41) is 37.6. The summed E-state index contributed by atoms with van der Waals surface area (Å²) in [5.41, 5.74) is 4.36. The number of nitrogens with zero attached hydrogens (tertiary/aromatic N) is 2. The van der Waals surface area contributed by atoms with E-state index in [4.69, 9.17) is 0 Å². The van der Waals surface area contributed by atoms with Gasteiger partial charge < -0.3 is 41.2 Å². The van der Waals surface area contributed by atoms with Gasteiger partial charge in [0.25, 0.3) is 11.8 Å². The molecule has 4 aromatic rings. The minimum Gasteiger partial charge on any atom is -0.508 e. The maximum atomic E-state index is 12.4. The third-order valence-electron chi connectivity index (χ3n) is 7.75. The SMILES string of the molecule is O.O.O=C(O)[C@H](Cc1ccc(O)cc1)N1Cc2ccccc2C1=O.O=C(O)[C@H](Cc1ccc(O)cc1)N1Cc2ccccc2C1=O. The molecule has 2 atom stereocenters. The Kier molecular flexibility index (Phi) is 11.2. The molecule has 12 heteroatoms. The number of phenolic OH excluding ortho intramolecular Hbond substituents is 2. The topological polar surface area (TPSA) is 219 Å². The van der Waals surface area contributed by atoms with Crippen LogP contribution in [0.2, 0.25) is 0 Å². The quantitative estimate of drug-likeness (QED) is 0.226. The fourth-order valence-corrected chi connectivity index (χ4v) is 5.43. The summed E-state index contributed by atoms with van der Waals surface area (Å²) in [5.74, 6) is -2.31. The highest BCUT2D eigenvalue weighted by Gasteiger charge is 2.37. The third kappa shape index (κ3) is 7.49. The minimum atomic E-state index is -1.03. The molecule has 12 nitrogen and oxygen atoms in total. The number of rotatable bonds is 8. The minimum absolute atomic E-state index is 0. The molecule has 0 aromatic heterocycles. The molecule has 240 valence electrons. The summed E-state index contributed by atoms with van der Waals surface area (Å²) in [4.78, 5) is 50.8. The zero-order valence-electron chi connectivity index (χ0n) is 24.5. The molecule has 6 rings (SSSR count). The first kappa shape index (κ1) is 34.8. The first-order valence-corrected chi connectivity index (χ1v) is 13.9. The summed E-state index contributed by atoms with van der Waals surface area (Å²) in [6, 6.07) is 25.2. The summed E-state index contributed by atoms with van der Waals surface area (Å²) >= 11 is 0. The van der Waals surface area contributed by atoms with Crippen molar-refractivity contribution in [3.8, 4) is 11.5 Å². The highest BCUT2D eigenvalue weighted by atomic mass is 16.4. The van der Waals surface area contributed by atoms with Crippen molar-refractivity contribution >= 4 is 23.8 Å². The van der Waals surface area contributed by atoms with Gasteiger partial charge in [0, 0.05) is 37.1 Å². The number of phenols is 2. The fourth-order valence-electron chi connectivity index (χ4n) is 5.43. The molecule has 2 aliphatic heterocycles. The van der Waals surface area contributed by atoms with Crippen LogP contribution in [0.1, 0.15) is 43.0 Å². The number of fused-ring (bicyclic) bond motifs is 2. The van der Waals surface area contributed by atoms with E-state index in [1.165, 1.54) is 34.1 Å². The average molecular weight is 631 g/mol. The Morgan fingerprint density at radius 3 is 1.20 bits per heavy atom. The van der Waals surface area contributed by atoms with Crippen LogP contribution in [-0.2, 0) is 35.5 Å². The summed E-state index contributed by atoms with van der Waals surface area (Å²) in [7, 11) is 0. The number of amides is 2. The van der Waals surface area contributed by atoms with E-state index >= 15 is 0 Å². The van der Waals surface area contributed by atoms with Crippen molar-refractivity contribution in [2.45, 2.75) is 38.0 Å². The van der Waals surface area contributed by atoms with Crippen LogP contribution < -0.4 is 0 Å². The Balaban J connectivity index is 0.000000240. The van der Waals surface area contributed by atoms with E-state index in [-0.39, 0.29) is 47.1 Å². The lowest BCUT2D eigenvalue weighted by atomic mass is 10.0. The van der Waals surface area contributed by atoms with Gasteiger partial charge in [0.05, 0.1) is 0 Å². The molecule has 0 saturated carbocycles. The maximum absolute atomic E-state index is 12.4. The van der Waals surface area contributed by atoms with Gasteiger partial charge in [0.1, 0.15) is 23.6 Å². The molecule has 0 fully saturated rings. The number of carbonyl (C=O) groups is 4. The van der Waals surface area contributed by atoms with Gasteiger partial charge >= 0.3 is 11.9 Å². The van der Waals surface area contributed by atoms with Gasteiger partial charge in [0.2, 0.25) is 0 Å². The zero-order chi connectivity index (χ0) is 31.4. The largest absolute Gasteiger partial charge is 0.508 e. The summed E-state index contributed by atoms with van der Waals surface area (Å²) < 4.78 is 0. The van der Waals surface area contributed by atoms with Crippen LogP contribution in [0.5, 0.6) is 11.5 Å². The molecule has 0 spiro atoms. The molecule has 0 aliphatic carbocycles. The zero-order valence-corrected chi connectivity index (χ0v) is 24.5. The number of aliphatic carboxylic acids is 2. The standard InChI is InChI=1S/2C17H15NO4.2H2O/c2*19-13-7-5-11(6-8-13)9-15(17(21)22)18-10-12-3-1-2-4-14(12)16(18)20;;/h2*1-8,15,19H,9-10H2,(H,21,22);2*1H2/t2*15-;;/m00../s1. The highest BCUT2D eigenvalue weighted by Crippen LogP contribution is 2.27. The van der Waals surface area contributed by atoms with Gasteiger partial charge in [-0.15, -0.1) is 0 Å². The molecule has 46 heavy (non-hydrogen) atoms. The predicted octanol–water partition coefficient (Wildman–Crippen LogP) is 2.44. The second-order valence-electron chi connectivity index (χ2n) is 10.6. The number of carbonyl (C=O) groups excluding carboxylic acids is 2. The lowest BCUT2D eigenvalue weighted by Crippen LogP contribution is -2.42. The van der Waals surface area contributed by atoms with Crippen LogP contribution >= 0.6 is 0 Å². The van der Waals surface area contributed by atoms with Crippen LogP contribution in [-0.4, -0.2) is 77.0 Å². The van der Waals surface area contributed by atoms with Gasteiger partial charge in [-0.25, -0.2) is 9.59 Å². The highest BCUT2D eigenvalue weighted by molar-refractivity contribution is 6.01. The van der Waals surface area contributed by atoms with Crippen LogP contribution in [0.3, 0.4) is 0 Å². The molecule has 2 aliphatic rings. The molecule has 0 saturated heterocycles. The lowest BCUT2D eigenvalue weighted by Gasteiger charge is -2.24. The molecular weight excluding hydrogens is 596 g/mol. The lowest BCUT2D eigenvalue weighted by molar-refractivity contribution is -0.143. The summed E-state index contributed by atoms with van der Waals surface area (Å²) in [6.07, 6.45) is 0.407. The third-order valence-corrected chi connectivity index (χ3v) is 7.75. The number of carboxylic acid groups (broad SMARTS) is 2. The van der Waals surface area contributed by atoms with Crippen molar-refractivity contribution in [2.24, 2.45) is 0 Å². The van der Waals surface area contributed by atoms with Crippen LogP contribution in [0.15, 0.2) is 97.1 Å². The van der Waals surface area contributed by atoms with Crippen LogP contribution in [0.4, 0.5) is 0 Å². The van der Waals surface area contributed by atoms with E-state index in [1.54, 1.807) is 48.5 Å². The van der Waals surface area contributed by atoms with Crippen molar-refractivity contribution < 1.29 is 50.6 Å². The number of aromatic hydroxyl groups is 2. The van der Waals surface area contributed by atoms with Crippen LogP contribution in [0.25, 0.3) is 0 Å². The van der Waals surface area contributed by atoms with Gasteiger partial charge in [-0.1, -0.05) is 60.7 Å². The first-order valence-electron chi connectivity index (χ1n) is 13.9. The molecule has 2 amide bonds. The predicted molar refractivity (Wildman–Crippen MR) is 166 cm³/mol. The van der Waals surface area contributed by atoms with E-state index in [0.29, 0.717) is 24.2 Å². The first-order chi connectivity index (χ1) is 21.1. The average Bonchev–Trinajstić information content (AvgIpc) is 3.53. The Bertz CT molecular complexity index is 1580. The van der Waals surface area contributed by atoms with Gasteiger partial charge in [-0.2, -0.15) is 0 Å². The monoisotopic (exact) mass is 630 g/mol. The van der Waals surface area contributed by atoms with E-state index in [2.05, 4.69) is 0 Å². The smallest absolute Gasteiger partial charge is 0.326 e. The molecule has 2 heterocycles. The fraction of sp³-hybridized carbons (Fsp3) is 0.176. The molecule has 0 bridgehead atoms. The Morgan fingerprint density at radius 2 is 0.891 bits per heavy atom. The second kappa shape index (κ2) is 14.8. The Labute approximate surface area is 264 Å². The van der Waals surface area contributed by atoms with E-state index < -0.39 is 24.0 Å². The number of benzene rings is 4. The normalized spacial score (nSPS) is 14.1. The van der Waals surface area contributed by atoms with E-state index in [1.807, 2.05) is 24.3 Å². The Hall–Kier alpha value is -5.72. The van der Waals surface area contributed by atoms with Crippen molar-refractivity contribution in [2.75, 3.05) is 0 Å². The van der Waals surface area contributed by atoms with Gasteiger partial charge in [-0.05, 0) is 58.7 Å². The molecular formula is C34H34N2O10. The van der Waals surface area contributed by atoms with Gasteiger partial charge in [0.15, 0.2) is 0 Å². The molecule has 4 aromatic carbocycles. The van der Waals surface area contributed by atoms with Gasteiger partial charge in [-0.3, -0.25) is 9.59 Å². The number of hydrogen-bond donors (Lipinski definition) is 4. The Morgan fingerprint density at radius 1 is 0.565 bits per heavy atom. The molecule has 0 radical (unpaired) electrons. The van der Waals surface area contributed by atoms with E-state index in [0.717, 1.165) is 22.3 Å². The molecule has 0 unspecified atom stereocenters. The second-order valence-corrected chi connectivity index (χ2v) is 10.6. The van der Waals surface area contributed by atoms with E-state index in [9.17, 15) is 39.6 Å². The maximum Gasteiger partial charge on any atom is 0.326 e. The van der Waals surface area contributed by atoms with Crippen molar-refractivity contribution in [1.82, 2.24) is 9.80 Å².